The van der Waals surface area contributed by atoms with Crippen LogP contribution in [0.3, 0.4) is 0 Å². The molecule has 32 heavy (non-hydrogen) atoms. The van der Waals surface area contributed by atoms with Crippen molar-refractivity contribution in [1.29, 1.82) is 0 Å². The number of rotatable bonds is 7. The molecule has 7 heteroatoms. The molecule has 160 valence electrons. The van der Waals surface area contributed by atoms with E-state index in [1.807, 2.05) is 67.6 Å². The highest BCUT2D eigenvalue weighted by molar-refractivity contribution is 7.09. The number of aromatic nitrogens is 2. The van der Waals surface area contributed by atoms with Gasteiger partial charge in [0.05, 0.1) is 23.3 Å². The van der Waals surface area contributed by atoms with Gasteiger partial charge >= 0.3 is 5.97 Å². The van der Waals surface area contributed by atoms with E-state index in [0.29, 0.717) is 16.4 Å². The van der Waals surface area contributed by atoms with Gasteiger partial charge in [0.15, 0.2) is 0 Å². The zero-order valence-corrected chi connectivity index (χ0v) is 18.3. The van der Waals surface area contributed by atoms with Crippen LogP contribution in [0, 0.1) is 6.92 Å². The Morgan fingerprint density at radius 1 is 1.03 bits per heavy atom. The zero-order chi connectivity index (χ0) is 22.3. The number of carbonyl (C=O) groups excluding carboxylic acids is 2. The summed E-state index contributed by atoms with van der Waals surface area (Å²) in [5.74, 6) is -0.616. The second-order valence-electron chi connectivity index (χ2n) is 7.14. The summed E-state index contributed by atoms with van der Waals surface area (Å²) in [6.45, 7) is 1.99. The summed E-state index contributed by atoms with van der Waals surface area (Å²) in [5.41, 5.74) is 3.94. The summed E-state index contributed by atoms with van der Waals surface area (Å²) in [7, 11) is 0. The number of carbonyl (C=O) groups is 2. The molecular formula is C25H21N3O3S. The fraction of sp³-hybridized carbons (Fsp3) is 0.120. The van der Waals surface area contributed by atoms with Crippen LogP contribution >= 0.6 is 11.3 Å². The minimum Gasteiger partial charge on any atom is -0.456 e. The van der Waals surface area contributed by atoms with Crippen LogP contribution < -0.4 is 5.32 Å². The first kappa shape index (κ1) is 21.4. The summed E-state index contributed by atoms with van der Waals surface area (Å²) in [6, 6.07) is 19.2. The highest BCUT2D eigenvalue weighted by atomic mass is 32.1. The predicted molar refractivity (Wildman–Crippen MR) is 126 cm³/mol. The zero-order valence-electron chi connectivity index (χ0n) is 17.4. The van der Waals surface area contributed by atoms with E-state index >= 15 is 0 Å². The van der Waals surface area contributed by atoms with Crippen molar-refractivity contribution in [3.63, 3.8) is 0 Å². The first-order chi connectivity index (χ1) is 15.6. The Morgan fingerprint density at radius 3 is 2.72 bits per heavy atom. The SMILES string of the molecule is Cc1ccccc1NC(=O)Cc1nc(COC(=O)/C=C/c2ccc3ccccc3n2)cs1. The minimum absolute atomic E-state index is 0.0459. The van der Waals surface area contributed by atoms with Crippen molar-refractivity contribution < 1.29 is 14.3 Å². The van der Waals surface area contributed by atoms with Crippen molar-refractivity contribution in [2.24, 2.45) is 0 Å². The molecule has 4 rings (SSSR count). The van der Waals surface area contributed by atoms with E-state index in [1.54, 1.807) is 11.5 Å². The number of aryl methyl sites for hydroxylation is 1. The number of nitrogens with one attached hydrogen (secondary N) is 1. The van der Waals surface area contributed by atoms with Gasteiger partial charge in [-0.1, -0.05) is 42.5 Å². The van der Waals surface area contributed by atoms with E-state index in [0.717, 1.165) is 22.2 Å². The average molecular weight is 444 g/mol. The normalized spacial score (nSPS) is 11.0. The van der Waals surface area contributed by atoms with Crippen LogP contribution in [0.15, 0.2) is 72.1 Å². The molecule has 0 aliphatic heterocycles. The molecule has 0 radical (unpaired) electrons. The third kappa shape index (κ3) is 5.65. The summed E-state index contributed by atoms with van der Waals surface area (Å²) in [5, 5.41) is 6.38. The number of amides is 1. The highest BCUT2D eigenvalue weighted by Crippen LogP contribution is 2.16. The maximum Gasteiger partial charge on any atom is 0.331 e. The lowest BCUT2D eigenvalue weighted by Crippen LogP contribution is -2.15. The molecule has 1 N–H and O–H groups in total. The summed E-state index contributed by atoms with van der Waals surface area (Å²) < 4.78 is 5.26. The predicted octanol–water partition coefficient (Wildman–Crippen LogP) is 4.94. The molecule has 2 heterocycles. The molecule has 1 amide bonds. The van der Waals surface area contributed by atoms with Crippen molar-refractivity contribution in [2.45, 2.75) is 20.0 Å². The van der Waals surface area contributed by atoms with E-state index in [-0.39, 0.29) is 18.9 Å². The number of benzene rings is 2. The van der Waals surface area contributed by atoms with Crippen molar-refractivity contribution >= 4 is 45.9 Å². The van der Waals surface area contributed by atoms with E-state index < -0.39 is 5.97 Å². The average Bonchev–Trinajstić information content (AvgIpc) is 3.24. The van der Waals surface area contributed by atoms with Gasteiger partial charge in [-0.3, -0.25) is 4.79 Å². The van der Waals surface area contributed by atoms with Crippen molar-refractivity contribution in [3.8, 4) is 0 Å². The van der Waals surface area contributed by atoms with Gasteiger partial charge in [-0.05, 0) is 36.8 Å². The fourth-order valence-corrected chi connectivity index (χ4v) is 3.84. The maximum atomic E-state index is 12.3. The Labute approximate surface area is 189 Å². The molecule has 0 saturated heterocycles. The van der Waals surface area contributed by atoms with Crippen LogP contribution in [0.5, 0.6) is 0 Å². The van der Waals surface area contributed by atoms with Crippen LogP contribution in [-0.4, -0.2) is 21.8 Å². The molecule has 6 nitrogen and oxygen atoms in total. The second kappa shape index (κ2) is 9.98. The number of esters is 1. The Balaban J connectivity index is 1.27. The van der Waals surface area contributed by atoms with Crippen molar-refractivity contribution in [1.82, 2.24) is 9.97 Å². The number of hydrogen-bond acceptors (Lipinski definition) is 6. The lowest BCUT2D eigenvalue weighted by atomic mass is 10.2. The first-order valence-corrected chi connectivity index (χ1v) is 10.9. The smallest absolute Gasteiger partial charge is 0.331 e. The van der Waals surface area contributed by atoms with Gasteiger partial charge < -0.3 is 10.1 Å². The molecule has 2 aromatic heterocycles. The molecule has 0 bridgehead atoms. The monoisotopic (exact) mass is 443 g/mol. The highest BCUT2D eigenvalue weighted by Gasteiger charge is 2.10. The van der Waals surface area contributed by atoms with Crippen LogP contribution in [0.2, 0.25) is 0 Å². The lowest BCUT2D eigenvalue weighted by Gasteiger charge is -2.06. The number of thiazole rings is 1. The van der Waals surface area contributed by atoms with Crippen molar-refractivity contribution in [2.75, 3.05) is 5.32 Å². The number of ether oxygens (including phenoxy) is 1. The summed E-state index contributed by atoms with van der Waals surface area (Å²) in [4.78, 5) is 33.2. The van der Waals surface area contributed by atoms with E-state index in [2.05, 4.69) is 15.3 Å². The third-order valence-corrected chi connectivity index (χ3v) is 5.60. The van der Waals surface area contributed by atoms with E-state index in [4.69, 9.17) is 4.74 Å². The largest absolute Gasteiger partial charge is 0.456 e. The molecule has 0 saturated carbocycles. The van der Waals surface area contributed by atoms with Crippen LogP contribution in [0.4, 0.5) is 5.69 Å². The summed E-state index contributed by atoms with van der Waals surface area (Å²) in [6.07, 6.45) is 3.14. The minimum atomic E-state index is -0.480. The van der Waals surface area contributed by atoms with Gasteiger partial charge in [0.1, 0.15) is 11.6 Å². The Kier molecular flexibility index (Phi) is 6.67. The molecule has 0 atom stereocenters. The van der Waals surface area contributed by atoms with Gasteiger partial charge in [-0.25, -0.2) is 14.8 Å². The standard InChI is InChI=1S/C25H21N3O3S/c1-17-6-2-4-8-21(17)28-23(29)14-24-27-20(16-32-24)15-31-25(30)13-12-19-11-10-18-7-3-5-9-22(18)26-19/h2-13,16H,14-15H2,1H3,(H,28,29)/b13-12+. The number of para-hydroxylation sites is 2. The van der Waals surface area contributed by atoms with E-state index in [1.165, 1.54) is 17.4 Å². The molecular weight excluding hydrogens is 422 g/mol. The molecule has 4 aromatic rings. The van der Waals surface area contributed by atoms with Crippen LogP contribution in [0.25, 0.3) is 17.0 Å². The van der Waals surface area contributed by atoms with Gasteiger partial charge in [-0.2, -0.15) is 0 Å². The van der Waals surface area contributed by atoms with E-state index in [9.17, 15) is 9.59 Å². The fourth-order valence-electron chi connectivity index (χ4n) is 3.06. The molecule has 0 aliphatic carbocycles. The van der Waals surface area contributed by atoms with Gasteiger partial charge in [0, 0.05) is 22.5 Å². The van der Waals surface area contributed by atoms with Gasteiger partial charge in [0.25, 0.3) is 0 Å². The van der Waals surface area contributed by atoms with Gasteiger partial charge in [-0.15, -0.1) is 11.3 Å². The van der Waals surface area contributed by atoms with Gasteiger partial charge in [0.2, 0.25) is 5.91 Å². The lowest BCUT2D eigenvalue weighted by molar-refractivity contribution is -0.139. The number of anilines is 1. The molecule has 2 aromatic carbocycles. The third-order valence-electron chi connectivity index (χ3n) is 4.70. The molecule has 0 aliphatic rings. The van der Waals surface area contributed by atoms with Crippen LogP contribution in [-0.2, 0) is 27.4 Å². The van der Waals surface area contributed by atoms with Crippen molar-refractivity contribution in [3.05, 3.63) is 94.1 Å². The quantitative estimate of drug-likeness (QED) is 0.323. The number of hydrogen-bond donors (Lipinski definition) is 1. The first-order valence-electron chi connectivity index (χ1n) is 10.1. The maximum absolute atomic E-state index is 12.3. The van der Waals surface area contributed by atoms with Crippen LogP contribution in [0.1, 0.15) is 22.0 Å². The number of fused-ring (bicyclic) bond motifs is 1. The Morgan fingerprint density at radius 2 is 1.84 bits per heavy atom. The Bertz CT molecular complexity index is 1300. The topological polar surface area (TPSA) is 81.2 Å². The molecule has 0 unspecified atom stereocenters. The number of pyridine rings is 1. The number of nitrogens with zero attached hydrogens (tertiary/aromatic N) is 2. The molecule has 0 spiro atoms. The summed E-state index contributed by atoms with van der Waals surface area (Å²) >= 11 is 1.36. The molecule has 0 fully saturated rings. The second-order valence-corrected chi connectivity index (χ2v) is 8.08. The Hall–Kier alpha value is -3.84.